The molecule has 0 radical (unpaired) electrons. The Bertz CT molecular complexity index is 407. The van der Waals surface area contributed by atoms with E-state index in [0.29, 0.717) is 18.6 Å². The van der Waals surface area contributed by atoms with Crippen LogP contribution in [0.3, 0.4) is 0 Å². The molecule has 0 aliphatic carbocycles. The van der Waals surface area contributed by atoms with Gasteiger partial charge in [-0.05, 0) is 31.0 Å². The fraction of sp³-hybridized carbons (Fsp3) is 0.625. The zero-order chi connectivity index (χ0) is 15.1. The molecule has 0 amide bonds. The normalized spacial score (nSPS) is 14.2. The molecule has 4 heteroatoms. The molecule has 20 heavy (non-hydrogen) atoms. The molecule has 1 rings (SSSR count). The summed E-state index contributed by atoms with van der Waals surface area (Å²) in [6, 6.07) is 6.31. The maximum absolute atomic E-state index is 5.44. The van der Waals surface area contributed by atoms with Crippen molar-refractivity contribution in [2.24, 2.45) is 5.92 Å². The highest BCUT2D eigenvalue weighted by atomic mass is 16.5. The van der Waals surface area contributed by atoms with E-state index in [-0.39, 0.29) is 6.04 Å². The van der Waals surface area contributed by atoms with Gasteiger partial charge in [-0.3, -0.25) is 0 Å². The van der Waals surface area contributed by atoms with Crippen molar-refractivity contribution >= 4 is 0 Å². The summed E-state index contributed by atoms with van der Waals surface area (Å²) in [4.78, 5) is 0. The van der Waals surface area contributed by atoms with E-state index in [1.807, 2.05) is 18.2 Å². The lowest BCUT2D eigenvalue weighted by Gasteiger charge is -2.27. The van der Waals surface area contributed by atoms with Gasteiger partial charge in [0.2, 0.25) is 0 Å². The summed E-state index contributed by atoms with van der Waals surface area (Å²) in [6.07, 6.45) is 0. The fourth-order valence-corrected chi connectivity index (χ4v) is 2.20. The Morgan fingerprint density at radius 2 is 1.75 bits per heavy atom. The van der Waals surface area contributed by atoms with Crippen LogP contribution in [0.25, 0.3) is 0 Å². The van der Waals surface area contributed by atoms with Crippen molar-refractivity contribution in [3.63, 3.8) is 0 Å². The zero-order valence-corrected chi connectivity index (χ0v) is 13.4. The van der Waals surface area contributed by atoms with E-state index in [1.165, 1.54) is 0 Å². The maximum atomic E-state index is 5.44. The minimum Gasteiger partial charge on any atom is -0.497 e. The second kappa shape index (κ2) is 8.12. The van der Waals surface area contributed by atoms with Crippen molar-refractivity contribution in [3.05, 3.63) is 23.8 Å². The van der Waals surface area contributed by atoms with Crippen LogP contribution < -0.4 is 14.8 Å². The van der Waals surface area contributed by atoms with E-state index < -0.39 is 0 Å². The molecule has 0 aliphatic rings. The number of ether oxygens (including phenoxy) is 3. The first-order valence-electron chi connectivity index (χ1n) is 7.00. The summed E-state index contributed by atoms with van der Waals surface area (Å²) in [5, 5.41) is 3.60. The predicted octanol–water partition coefficient (Wildman–Crippen LogP) is 3.03. The molecule has 0 saturated heterocycles. The highest BCUT2D eigenvalue weighted by Crippen LogP contribution is 2.29. The molecule has 0 aliphatic heterocycles. The van der Waals surface area contributed by atoms with E-state index in [1.54, 1.807) is 21.3 Å². The van der Waals surface area contributed by atoms with Gasteiger partial charge in [-0.25, -0.2) is 0 Å². The van der Waals surface area contributed by atoms with Crippen LogP contribution >= 0.6 is 0 Å². The summed E-state index contributed by atoms with van der Waals surface area (Å²) in [5.74, 6) is 2.20. The van der Waals surface area contributed by atoms with Gasteiger partial charge in [0.05, 0.1) is 20.8 Å². The van der Waals surface area contributed by atoms with Crippen LogP contribution in [0.1, 0.15) is 32.4 Å². The summed E-state index contributed by atoms with van der Waals surface area (Å²) >= 11 is 0. The molecular weight excluding hydrogens is 254 g/mol. The monoisotopic (exact) mass is 281 g/mol. The Labute approximate surface area is 122 Å². The topological polar surface area (TPSA) is 39.7 Å². The number of methoxy groups -OCH3 is 3. The van der Waals surface area contributed by atoms with Crippen LogP contribution in [0.2, 0.25) is 0 Å². The largest absolute Gasteiger partial charge is 0.497 e. The van der Waals surface area contributed by atoms with Gasteiger partial charge in [0.25, 0.3) is 0 Å². The third kappa shape index (κ3) is 4.39. The van der Waals surface area contributed by atoms with Gasteiger partial charge < -0.3 is 19.5 Å². The van der Waals surface area contributed by atoms with Gasteiger partial charge in [0.1, 0.15) is 11.5 Å². The molecular formula is C16H27NO3. The molecule has 0 heterocycles. The Kier molecular flexibility index (Phi) is 6.82. The summed E-state index contributed by atoms with van der Waals surface area (Å²) < 4.78 is 16.0. The van der Waals surface area contributed by atoms with Gasteiger partial charge in [-0.2, -0.15) is 0 Å². The van der Waals surface area contributed by atoms with Crippen LogP contribution in [-0.4, -0.2) is 34.0 Å². The Balaban J connectivity index is 2.91. The molecule has 114 valence electrons. The predicted molar refractivity (Wildman–Crippen MR) is 81.6 cm³/mol. The van der Waals surface area contributed by atoms with E-state index in [0.717, 1.165) is 17.1 Å². The van der Waals surface area contributed by atoms with Crippen LogP contribution in [0.15, 0.2) is 18.2 Å². The van der Waals surface area contributed by atoms with Crippen LogP contribution in [0.4, 0.5) is 0 Å². The molecule has 1 aromatic carbocycles. The molecule has 2 atom stereocenters. The SMILES string of the molecule is COCC(NC(C)c1cc(OC)ccc1OC)C(C)C. The van der Waals surface area contributed by atoms with E-state index in [2.05, 4.69) is 26.1 Å². The molecule has 0 bridgehead atoms. The average molecular weight is 281 g/mol. The lowest BCUT2D eigenvalue weighted by molar-refractivity contribution is 0.141. The van der Waals surface area contributed by atoms with Crippen LogP contribution in [0, 0.1) is 5.92 Å². The highest BCUT2D eigenvalue weighted by molar-refractivity contribution is 5.42. The standard InChI is InChI=1S/C16H27NO3/c1-11(2)15(10-18-4)17-12(3)14-9-13(19-5)7-8-16(14)20-6/h7-9,11-12,15,17H,10H2,1-6H3. The summed E-state index contributed by atoms with van der Waals surface area (Å²) in [5.41, 5.74) is 1.09. The van der Waals surface area contributed by atoms with Crippen LogP contribution in [0.5, 0.6) is 11.5 Å². The van der Waals surface area contributed by atoms with Gasteiger partial charge >= 0.3 is 0 Å². The highest BCUT2D eigenvalue weighted by Gasteiger charge is 2.19. The molecule has 2 unspecified atom stereocenters. The quantitative estimate of drug-likeness (QED) is 0.795. The van der Waals surface area contributed by atoms with Gasteiger partial charge in [-0.1, -0.05) is 13.8 Å². The number of rotatable bonds is 8. The van der Waals surface area contributed by atoms with Crippen molar-refractivity contribution in [3.8, 4) is 11.5 Å². The number of hydrogen-bond donors (Lipinski definition) is 1. The molecule has 0 aromatic heterocycles. The van der Waals surface area contributed by atoms with Crippen molar-refractivity contribution in [1.29, 1.82) is 0 Å². The van der Waals surface area contributed by atoms with Gasteiger partial charge in [0, 0.05) is 24.8 Å². The number of nitrogens with one attached hydrogen (secondary N) is 1. The molecule has 0 fully saturated rings. The van der Waals surface area contributed by atoms with E-state index in [4.69, 9.17) is 14.2 Å². The van der Waals surface area contributed by atoms with Crippen molar-refractivity contribution < 1.29 is 14.2 Å². The first kappa shape index (κ1) is 16.8. The summed E-state index contributed by atoms with van der Waals surface area (Å²) in [7, 11) is 5.09. The van der Waals surface area contributed by atoms with Crippen molar-refractivity contribution in [2.45, 2.75) is 32.9 Å². The maximum Gasteiger partial charge on any atom is 0.123 e. The second-order valence-electron chi connectivity index (χ2n) is 5.30. The molecule has 1 aromatic rings. The molecule has 1 N–H and O–H groups in total. The smallest absolute Gasteiger partial charge is 0.123 e. The second-order valence-corrected chi connectivity index (χ2v) is 5.30. The number of hydrogen-bond acceptors (Lipinski definition) is 4. The van der Waals surface area contributed by atoms with Gasteiger partial charge in [0.15, 0.2) is 0 Å². The first-order valence-corrected chi connectivity index (χ1v) is 7.00. The minimum absolute atomic E-state index is 0.155. The summed E-state index contributed by atoms with van der Waals surface area (Å²) in [6.45, 7) is 7.19. The molecule has 0 spiro atoms. The lowest BCUT2D eigenvalue weighted by Crippen LogP contribution is -2.39. The minimum atomic E-state index is 0.155. The van der Waals surface area contributed by atoms with Crippen molar-refractivity contribution in [2.75, 3.05) is 27.9 Å². The number of benzene rings is 1. The Hall–Kier alpha value is -1.26. The fourth-order valence-electron chi connectivity index (χ4n) is 2.20. The zero-order valence-electron chi connectivity index (χ0n) is 13.4. The molecule has 0 saturated carbocycles. The molecule has 4 nitrogen and oxygen atoms in total. The third-order valence-electron chi connectivity index (χ3n) is 3.52. The van der Waals surface area contributed by atoms with Gasteiger partial charge in [-0.15, -0.1) is 0 Å². The van der Waals surface area contributed by atoms with Crippen molar-refractivity contribution in [1.82, 2.24) is 5.32 Å². The average Bonchev–Trinajstić information content (AvgIpc) is 2.45. The Morgan fingerprint density at radius 3 is 2.25 bits per heavy atom. The third-order valence-corrected chi connectivity index (χ3v) is 3.52. The lowest BCUT2D eigenvalue weighted by atomic mass is 10.0. The van der Waals surface area contributed by atoms with E-state index in [9.17, 15) is 0 Å². The van der Waals surface area contributed by atoms with Crippen LogP contribution in [-0.2, 0) is 4.74 Å². The first-order chi connectivity index (χ1) is 9.53. The Morgan fingerprint density at radius 1 is 1.05 bits per heavy atom. The van der Waals surface area contributed by atoms with E-state index >= 15 is 0 Å².